The molecule has 1 aromatic carbocycles. The first kappa shape index (κ1) is 12.8. The van der Waals surface area contributed by atoms with Crippen LogP contribution in [0.15, 0.2) is 23.6 Å². The highest BCUT2D eigenvalue weighted by atomic mass is 32.1. The van der Waals surface area contributed by atoms with E-state index in [2.05, 4.69) is 42.9 Å². The maximum absolute atomic E-state index is 3.44. The van der Waals surface area contributed by atoms with E-state index in [0.29, 0.717) is 0 Å². The Hall–Kier alpha value is -0.860. The molecule has 106 valence electrons. The van der Waals surface area contributed by atoms with Crippen LogP contribution in [0.5, 0.6) is 0 Å². The van der Waals surface area contributed by atoms with Gasteiger partial charge in [0.2, 0.25) is 0 Å². The van der Waals surface area contributed by atoms with Crippen molar-refractivity contribution in [3.8, 4) is 0 Å². The van der Waals surface area contributed by atoms with Crippen molar-refractivity contribution in [3.63, 3.8) is 0 Å². The fourth-order valence-corrected chi connectivity index (χ4v) is 5.76. The molecule has 1 N–H and O–H groups in total. The monoisotopic (exact) mass is 285 g/mol. The van der Waals surface area contributed by atoms with Gasteiger partial charge < -0.3 is 5.32 Å². The Morgan fingerprint density at radius 2 is 2.10 bits per heavy atom. The highest BCUT2D eigenvalue weighted by Crippen LogP contribution is 2.56. The minimum absolute atomic E-state index is 0.796. The molecule has 1 nitrogen and oxygen atoms in total. The lowest BCUT2D eigenvalue weighted by Gasteiger charge is -2.31. The second kappa shape index (κ2) is 4.85. The Bertz CT molecular complexity index is 629. The highest BCUT2D eigenvalue weighted by molar-refractivity contribution is 7.17. The van der Waals surface area contributed by atoms with Crippen molar-refractivity contribution < 1.29 is 0 Å². The van der Waals surface area contributed by atoms with Crippen LogP contribution in [0, 0.1) is 24.7 Å². The first-order chi connectivity index (χ1) is 9.78. The van der Waals surface area contributed by atoms with E-state index in [1.807, 2.05) is 11.3 Å². The van der Waals surface area contributed by atoms with Crippen LogP contribution in [0.3, 0.4) is 0 Å². The van der Waals surface area contributed by atoms with E-state index in [1.54, 1.807) is 5.56 Å². The number of rotatable bonds is 3. The molecule has 0 radical (unpaired) electrons. The van der Waals surface area contributed by atoms with Crippen LogP contribution in [-0.2, 0) is 0 Å². The molecule has 1 heterocycles. The standard InChI is InChI=1S/C18H23NS/c1-11-10-20-17-6-5-14(8-15(11)17)18-13-4-3-12(7-13)16(18)9-19-2/h5-6,8,10,12-13,16,18-19H,3-4,7,9H2,1-2H3/t12-,13+,16-,18-/m1/s1. The van der Waals surface area contributed by atoms with Crippen molar-refractivity contribution in [2.45, 2.75) is 32.1 Å². The number of aryl methyl sites for hydroxylation is 1. The third kappa shape index (κ3) is 1.85. The van der Waals surface area contributed by atoms with Crippen molar-refractivity contribution in [3.05, 3.63) is 34.7 Å². The smallest absolute Gasteiger partial charge is 0.0345 e. The largest absolute Gasteiger partial charge is 0.319 e. The van der Waals surface area contributed by atoms with Gasteiger partial charge in [-0.05, 0) is 97.5 Å². The van der Waals surface area contributed by atoms with Crippen LogP contribution in [0.2, 0.25) is 0 Å². The van der Waals surface area contributed by atoms with Gasteiger partial charge in [0.05, 0.1) is 0 Å². The summed E-state index contributed by atoms with van der Waals surface area (Å²) in [7, 11) is 2.11. The number of fused-ring (bicyclic) bond motifs is 3. The average molecular weight is 285 g/mol. The molecule has 4 atom stereocenters. The molecule has 2 heteroatoms. The third-order valence-electron chi connectivity index (χ3n) is 5.70. The predicted molar refractivity (Wildman–Crippen MR) is 87.6 cm³/mol. The van der Waals surface area contributed by atoms with Gasteiger partial charge in [0, 0.05) is 4.70 Å². The summed E-state index contributed by atoms with van der Waals surface area (Å²) in [5, 5.41) is 7.22. The first-order valence-corrected chi connectivity index (χ1v) is 8.78. The van der Waals surface area contributed by atoms with Crippen molar-refractivity contribution in [1.82, 2.24) is 5.32 Å². The minimum Gasteiger partial charge on any atom is -0.319 e. The van der Waals surface area contributed by atoms with Crippen LogP contribution in [0.4, 0.5) is 0 Å². The zero-order chi connectivity index (χ0) is 13.7. The molecule has 0 aliphatic heterocycles. The molecule has 2 aliphatic carbocycles. The summed E-state index contributed by atoms with van der Waals surface area (Å²) in [6, 6.07) is 7.26. The van der Waals surface area contributed by atoms with Crippen LogP contribution in [-0.4, -0.2) is 13.6 Å². The highest BCUT2D eigenvalue weighted by Gasteiger charge is 2.47. The van der Waals surface area contributed by atoms with Crippen molar-refractivity contribution in [1.29, 1.82) is 0 Å². The molecule has 0 amide bonds. The summed E-state index contributed by atoms with van der Waals surface area (Å²) in [6.07, 6.45) is 4.39. The average Bonchev–Trinajstić information content (AvgIpc) is 3.14. The molecular weight excluding hydrogens is 262 g/mol. The van der Waals surface area contributed by atoms with E-state index in [0.717, 1.165) is 23.7 Å². The summed E-state index contributed by atoms with van der Waals surface area (Å²) in [6.45, 7) is 3.43. The van der Waals surface area contributed by atoms with Crippen LogP contribution < -0.4 is 5.32 Å². The lowest BCUT2D eigenvalue weighted by molar-refractivity contribution is 0.282. The van der Waals surface area contributed by atoms with E-state index in [9.17, 15) is 0 Å². The van der Waals surface area contributed by atoms with Gasteiger partial charge in [-0.3, -0.25) is 0 Å². The molecule has 2 fully saturated rings. The Kier molecular flexibility index (Phi) is 3.12. The summed E-state index contributed by atoms with van der Waals surface area (Å²) in [5.41, 5.74) is 3.05. The molecule has 2 aromatic rings. The lowest BCUT2D eigenvalue weighted by Crippen LogP contribution is -2.29. The minimum atomic E-state index is 0.796. The fourth-order valence-electron chi connectivity index (χ4n) is 4.84. The van der Waals surface area contributed by atoms with E-state index in [4.69, 9.17) is 0 Å². The van der Waals surface area contributed by atoms with Gasteiger partial charge in [-0.1, -0.05) is 6.07 Å². The Labute approximate surface area is 125 Å². The van der Waals surface area contributed by atoms with Crippen LogP contribution in [0.1, 0.15) is 36.3 Å². The van der Waals surface area contributed by atoms with Gasteiger partial charge in [-0.25, -0.2) is 0 Å². The van der Waals surface area contributed by atoms with Crippen molar-refractivity contribution >= 4 is 21.4 Å². The summed E-state index contributed by atoms with van der Waals surface area (Å²) < 4.78 is 1.44. The Morgan fingerprint density at radius 1 is 1.25 bits per heavy atom. The molecule has 0 unspecified atom stereocenters. The molecule has 2 saturated carbocycles. The maximum Gasteiger partial charge on any atom is 0.0345 e. The van der Waals surface area contributed by atoms with Gasteiger partial charge in [0.1, 0.15) is 0 Å². The second-order valence-corrected chi connectivity index (χ2v) is 7.67. The van der Waals surface area contributed by atoms with Crippen LogP contribution >= 0.6 is 11.3 Å². The Morgan fingerprint density at radius 3 is 2.95 bits per heavy atom. The molecule has 4 rings (SSSR count). The molecule has 0 saturated heterocycles. The van der Waals surface area contributed by atoms with Gasteiger partial charge >= 0.3 is 0 Å². The third-order valence-corrected chi connectivity index (χ3v) is 6.79. The Balaban J connectivity index is 1.75. The summed E-state index contributed by atoms with van der Waals surface area (Å²) in [5.74, 6) is 3.56. The number of thiophene rings is 1. The normalized spacial score (nSPS) is 32.3. The fraction of sp³-hybridized carbons (Fsp3) is 0.556. The van der Waals surface area contributed by atoms with Crippen molar-refractivity contribution in [2.24, 2.45) is 17.8 Å². The molecular formula is C18H23NS. The van der Waals surface area contributed by atoms with Gasteiger partial charge in [0.25, 0.3) is 0 Å². The van der Waals surface area contributed by atoms with Gasteiger partial charge in [0.15, 0.2) is 0 Å². The zero-order valence-corrected chi connectivity index (χ0v) is 13.2. The number of nitrogens with one attached hydrogen (secondary N) is 1. The van der Waals surface area contributed by atoms with E-state index in [1.165, 1.54) is 41.5 Å². The molecule has 20 heavy (non-hydrogen) atoms. The summed E-state index contributed by atoms with van der Waals surface area (Å²) in [4.78, 5) is 0. The van der Waals surface area contributed by atoms with E-state index >= 15 is 0 Å². The molecule has 1 aromatic heterocycles. The van der Waals surface area contributed by atoms with Crippen molar-refractivity contribution in [2.75, 3.05) is 13.6 Å². The SMILES string of the molecule is CNC[C@@H]1[C@@H]2CC[C@@H](C2)[C@@H]1c1ccc2scc(C)c2c1. The summed E-state index contributed by atoms with van der Waals surface area (Å²) >= 11 is 1.88. The number of benzene rings is 1. The van der Waals surface area contributed by atoms with E-state index < -0.39 is 0 Å². The first-order valence-electron chi connectivity index (χ1n) is 7.90. The van der Waals surface area contributed by atoms with Gasteiger partial charge in [-0.15, -0.1) is 11.3 Å². The van der Waals surface area contributed by atoms with Crippen LogP contribution in [0.25, 0.3) is 10.1 Å². The molecule has 2 bridgehead atoms. The molecule has 0 spiro atoms. The zero-order valence-electron chi connectivity index (χ0n) is 12.4. The lowest BCUT2D eigenvalue weighted by atomic mass is 9.75. The predicted octanol–water partition coefficient (Wildman–Crippen LogP) is 4.56. The van der Waals surface area contributed by atoms with Gasteiger partial charge in [-0.2, -0.15) is 0 Å². The number of hydrogen-bond donors (Lipinski definition) is 1. The number of hydrogen-bond acceptors (Lipinski definition) is 2. The second-order valence-electron chi connectivity index (χ2n) is 6.75. The quantitative estimate of drug-likeness (QED) is 0.872. The van der Waals surface area contributed by atoms with E-state index in [-0.39, 0.29) is 0 Å². The maximum atomic E-state index is 3.44. The molecule has 2 aliphatic rings. The topological polar surface area (TPSA) is 12.0 Å².